The number of para-hydroxylation sites is 1. The summed E-state index contributed by atoms with van der Waals surface area (Å²) in [5.41, 5.74) is 0.808. The van der Waals surface area contributed by atoms with Crippen LogP contribution in [-0.2, 0) is 11.3 Å². The number of benzene rings is 1. The molecule has 0 aliphatic heterocycles. The van der Waals surface area contributed by atoms with E-state index in [1.54, 1.807) is 40.3 Å². The first-order chi connectivity index (χ1) is 12.0. The van der Waals surface area contributed by atoms with E-state index in [0.717, 1.165) is 5.56 Å². The Morgan fingerprint density at radius 3 is 2.56 bits per heavy atom. The monoisotopic (exact) mass is 346 g/mol. The summed E-state index contributed by atoms with van der Waals surface area (Å²) in [5, 5.41) is 2.62. The van der Waals surface area contributed by atoms with E-state index in [0.29, 0.717) is 18.0 Å². The van der Waals surface area contributed by atoms with E-state index in [9.17, 15) is 9.59 Å². The topological polar surface area (TPSA) is 81.0 Å². The maximum absolute atomic E-state index is 12.5. The van der Waals surface area contributed by atoms with Gasteiger partial charge in [-0.3, -0.25) is 9.59 Å². The molecule has 2 amide bonds. The van der Waals surface area contributed by atoms with Crippen LogP contribution in [0, 0.1) is 0 Å². The van der Waals surface area contributed by atoms with Crippen LogP contribution < -0.4 is 14.8 Å². The van der Waals surface area contributed by atoms with Crippen LogP contribution in [0.3, 0.4) is 0 Å². The first-order valence-electron chi connectivity index (χ1n) is 7.77. The quantitative estimate of drug-likeness (QED) is 0.830. The molecule has 0 unspecified atom stereocenters. The Labute approximate surface area is 146 Å². The van der Waals surface area contributed by atoms with Crippen LogP contribution in [0.1, 0.15) is 23.0 Å². The number of methoxy groups -OCH3 is 2. The molecule has 134 valence electrons. The summed E-state index contributed by atoms with van der Waals surface area (Å²) in [5.74, 6) is 0.678. The summed E-state index contributed by atoms with van der Waals surface area (Å²) in [4.78, 5) is 26.0. The average Bonchev–Trinajstić information content (AvgIpc) is 3.15. The average molecular weight is 346 g/mol. The van der Waals surface area contributed by atoms with E-state index < -0.39 is 11.9 Å². The van der Waals surface area contributed by atoms with Crippen LogP contribution in [0.5, 0.6) is 11.5 Å². The van der Waals surface area contributed by atoms with Gasteiger partial charge in [0.25, 0.3) is 5.91 Å². The van der Waals surface area contributed by atoms with Gasteiger partial charge in [-0.25, -0.2) is 0 Å². The lowest BCUT2D eigenvalue weighted by Gasteiger charge is -2.23. The second-order valence-electron chi connectivity index (χ2n) is 5.52. The number of likely N-dealkylation sites (N-methyl/N-ethyl adjacent to an activating group) is 1. The van der Waals surface area contributed by atoms with Crippen LogP contribution in [0.2, 0.25) is 0 Å². The number of amides is 2. The highest BCUT2D eigenvalue weighted by molar-refractivity contribution is 5.95. The lowest BCUT2D eigenvalue weighted by molar-refractivity contribution is -0.132. The number of nitrogens with zero attached hydrogens (tertiary/aromatic N) is 1. The van der Waals surface area contributed by atoms with Crippen molar-refractivity contribution in [2.45, 2.75) is 19.5 Å². The number of nitrogens with one attached hydrogen (secondary N) is 1. The molecule has 1 heterocycles. The number of hydrogen-bond donors (Lipinski definition) is 1. The van der Waals surface area contributed by atoms with Gasteiger partial charge in [-0.15, -0.1) is 0 Å². The van der Waals surface area contributed by atoms with Crippen molar-refractivity contribution in [3.8, 4) is 11.5 Å². The van der Waals surface area contributed by atoms with Crippen molar-refractivity contribution in [1.82, 2.24) is 10.2 Å². The number of carbonyl (C=O) groups is 2. The molecule has 0 bridgehead atoms. The summed E-state index contributed by atoms with van der Waals surface area (Å²) in [6.07, 6.45) is 1.41. The molecule has 0 radical (unpaired) electrons. The fourth-order valence-corrected chi connectivity index (χ4v) is 2.48. The summed E-state index contributed by atoms with van der Waals surface area (Å²) >= 11 is 0. The molecule has 2 aromatic rings. The summed E-state index contributed by atoms with van der Waals surface area (Å²) in [7, 11) is 4.77. The molecule has 0 fully saturated rings. The molecule has 1 aromatic carbocycles. The summed E-state index contributed by atoms with van der Waals surface area (Å²) in [6.45, 7) is 1.95. The first-order valence-corrected chi connectivity index (χ1v) is 7.77. The van der Waals surface area contributed by atoms with Crippen LogP contribution in [-0.4, -0.2) is 44.0 Å². The van der Waals surface area contributed by atoms with E-state index in [4.69, 9.17) is 13.9 Å². The number of furan rings is 1. The number of ether oxygens (including phenoxy) is 2. The molecule has 0 aliphatic rings. The van der Waals surface area contributed by atoms with Crippen molar-refractivity contribution in [3.05, 3.63) is 47.9 Å². The fourth-order valence-electron chi connectivity index (χ4n) is 2.48. The van der Waals surface area contributed by atoms with Gasteiger partial charge < -0.3 is 24.1 Å². The van der Waals surface area contributed by atoms with E-state index in [1.165, 1.54) is 17.2 Å². The zero-order chi connectivity index (χ0) is 18.4. The highest BCUT2D eigenvalue weighted by Gasteiger charge is 2.22. The van der Waals surface area contributed by atoms with E-state index in [1.807, 2.05) is 12.1 Å². The van der Waals surface area contributed by atoms with Crippen LogP contribution in [0.4, 0.5) is 0 Å². The molecule has 7 nitrogen and oxygen atoms in total. The smallest absolute Gasteiger partial charge is 0.287 e. The Kier molecular flexibility index (Phi) is 6.05. The van der Waals surface area contributed by atoms with Gasteiger partial charge in [0.1, 0.15) is 6.04 Å². The van der Waals surface area contributed by atoms with Crippen molar-refractivity contribution in [2.24, 2.45) is 0 Å². The summed E-state index contributed by atoms with van der Waals surface area (Å²) < 4.78 is 15.7. The summed E-state index contributed by atoms with van der Waals surface area (Å²) in [6, 6.07) is 7.93. The standard InChI is InChI=1S/C18H22N2O5/c1-12(19-17(21)15-9-6-10-25-15)18(22)20(2)11-13-7-5-8-14(23-3)16(13)24-4/h5-10,12H,11H2,1-4H3,(H,19,21)/t12-/m0/s1. The Morgan fingerprint density at radius 2 is 1.96 bits per heavy atom. The third-order valence-corrected chi connectivity index (χ3v) is 3.73. The molecular formula is C18H22N2O5. The normalized spacial score (nSPS) is 11.5. The van der Waals surface area contributed by atoms with Crippen LogP contribution in [0.15, 0.2) is 41.0 Å². The minimum Gasteiger partial charge on any atom is -0.493 e. The third kappa shape index (κ3) is 4.32. The zero-order valence-electron chi connectivity index (χ0n) is 14.7. The molecule has 1 atom stereocenters. The minimum absolute atomic E-state index is 0.164. The molecule has 1 aromatic heterocycles. The largest absolute Gasteiger partial charge is 0.493 e. The van der Waals surface area contributed by atoms with E-state index in [2.05, 4.69) is 5.32 Å². The lowest BCUT2D eigenvalue weighted by Crippen LogP contribution is -2.45. The number of hydrogen-bond acceptors (Lipinski definition) is 5. The predicted octanol–water partition coefficient (Wildman–Crippen LogP) is 2.07. The molecule has 25 heavy (non-hydrogen) atoms. The van der Waals surface area contributed by atoms with Gasteiger partial charge in [0, 0.05) is 19.2 Å². The van der Waals surface area contributed by atoms with Gasteiger partial charge in [0.05, 0.1) is 20.5 Å². The molecule has 0 saturated heterocycles. The Hall–Kier alpha value is -2.96. The number of rotatable bonds is 7. The van der Waals surface area contributed by atoms with Gasteiger partial charge in [-0.1, -0.05) is 12.1 Å². The van der Waals surface area contributed by atoms with Crippen molar-refractivity contribution < 1.29 is 23.5 Å². The second-order valence-corrected chi connectivity index (χ2v) is 5.52. The van der Waals surface area contributed by atoms with Crippen LogP contribution >= 0.6 is 0 Å². The van der Waals surface area contributed by atoms with E-state index >= 15 is 0 Å². The Balaban J connectivity index is 2.04. The fraction of sp³-hybridized carbons (Fsp3) is 0.333. The van der Waals surface area contributed by atoms with Crippen molar-refractivity contribution in [3.63, 3.8) is 0 Å². The van der Waals surface area contributed by atoms with Crippen molar-refractivity contribution in [2.75, 3.05) is 21.3 Å². The zero-order valence-corrected chi connectivity index (χ0v) is 14.7. The van der Waals surface area contributed by atoms with Crippen molar-refractivity contribution >= 4 is 11.8 Å². The Bertz CT molecular complexity index is 727. The lowest BCUT2D eigenvalue weighted by atomic mass is 10.1. The van der Waals surface area contributed by atoms with Gasteiger partial charge in [0.15, 0.2) is 17.3 Å². The third-order valence-electron chi connectivity index (χ3n) is 3.73. The highest BCUT2D eigenvalue weighted by atomic mass is 16.5. The van der Waals surface area contributed by atoms with Crippen molar-refractivity contribution in [1.29, 1.82) is 0 Å². The molecule has 0 spiro atoms. The molecule has 7 heteroatoms. The molecular weight excluding hydrogens is 324 g/mol. The molecule has 1 N–H and O–H groups in total. The van der Waals surface area contributed by atoms with Gasteiger partial charge >= 0.3 is 0 Å². The maximum Gasteiger partial charge on any atom is 0.287 e. The second kappa shape index (κ2) is 8.23. The SMILES string of the molecule is COc1cccc(CN(C)C(=O)[C@H](C)NC(=O)c2ccco2)c1OC. The van der Waals surface area contributed by atoms with Gasteiger partial charge in [-0.05, 0) is 25.1 Å². The van der Waals surface area contributed by atoms with Gasteiger partial charge in [0.2, 0.25) is 5.91 Å². The van der Waals surface area contributed by atoms with Crippen LogP contribution in [0.25, 0.3) is 0 Å². The highest BCUT2D eigenvalue weighted by Crippen LogP contribution is 2.31. The first kappa shape index (κ1) is 18.4. The maximum atomic E-state index is 12.5. The van der Waals surface area contributed by atoms with Gasteiger partial charge in [-0.2, -0.15) is 0 Å². The molecule has 2 rings (SSSR count). The molecule has 0 aliphatic carbocycles. The predicted molar refractivity (Wildman–Crippen MR) is 91.7 cm³/mol. The van der Waals surface area contributed by atoms with E-state index in [-0.39, 0.29) is 11.7 Å². The Morgan fingerprint density at radius 1 is 1.20 bits per heavy atom. The molecule has 0 saturated carbocycles. The minimum atomic E-state index is -0.695. The number of carbonyl (C=O) groups excluding carboxylic acids is 2.